The Morgan fingerprint density at radius 1 is 0.761 bits per heavy atom. The second kappa shape index (κ2) is 15.4. The van der Waals surface area contributed by atoms with Crippen LogP contribution in [0.1, 0.15) is 115 Å². The van der Waals surface area contributed by atoms with E-state index in [0.29, 0.717) is 12.5 Å². The Labute approximate surface area is 279 Å². The first kappa shape index (κ1) is 32.5. The van der Waals surface area contributed by atoms with Gasteiger partial charge in [0.25, 0.3) is 0 Å². The number of rotatable bonds is 12. The molecule has 240 valence electrons. The van der Waals surface area contributed by atoms with Crippen LogP contribution >= 0.6 is 0 Å². The van der Waals surface area contributed by atoms with Crippen LogP contribution in [0.5, 0.6) is 0 Å². The van der Waals surface area contributed by atoms with E-state index < -0.39 is 0 Å². The third-order valence-corrected chi connectivity index (χ3v) is 11.2. The number of benzene rings is 2. The van der Waals surface area contributed by atoms with Gasteiger partial charge >= 0.3 is 0 Å². The van der Waals surface area contributed by atoms with Crippen LogP contribution in [0.4, 0.5) is 0 Å². The van der Waals surface area contributed by atoms with Gasteiger partial charge in [-0.1, -0.05) is 131 Å². The first-order valence-corrected chi connectivity index (χ1v) is 18.4. The SMILES string of the molecule is CCCCCC(CC)C(C)/C=C(\CN)C1=CC=C(C2=C3CCC=CC3=C(c3ccc(C4=CC=CCC4)c4ccccc34)CC2)CC1. The van der Waals surface area contributed by atoms with Crippen LogP contribution in [-0.4, -0.2) is 6.54 Å². The quantitative estimate of drug-likeness (QED) is 0.238. The third kappa shape index (κ3) is 6.96. The van der Waals surface area contributed by atoms with Crippen molar-refractivity contribution in [3.8, 4) is 0 Å². The molecule has 0 aromatic heterocycles. The highest BCUT2D eigenvalue weighted by Crippen LogP contribution is 2.46. The molecule has 0 bridgehead atoms. The zero-order valence-electron chi connectivity index (χ0n) is 28.7. The maximum Gasteiger partial charge on any atom is 0.0177 e. The standard InChI is InChI=1S/C45H55N/c1-4-6-8-15-33(5-2)32(3)30-37(31-46)34-22-24-36(25-23-34)39-27-29-45(43-21-14-12-19-41(39)43)44-28-26-38(35-16-9-7-10-17-35)40-18-11-13-20-42(40)44/h7,9,11,13-14,16,18,20-22,24,26,28,30,32-33H,4-6,8,10,12,15,17,19,23,25,27,29,31,46H2,1-3H3/b37-30+. The molecule has 0 saturated heterocycles. The molecule has 0 aliphatic heterocycles. The van der Waals surface area contributed by atoms with Gasteiger partial charge in [0.1, 0.15) is 0 Å². The van der Waals surface area contributed by atoms with Crippen LogP contribution in [0.3, 0.4) is 0 Å². The van der Waals surface area contributed by atoms with Crippen LogP contribution in [0.2, 0.25) is 0 Å². The molecule has 2 unspecified atom stereocenters. The third-order valence-electron chi connectivity index (χ3n) is 11.2. The van der Waals surface area contributed by atoms with E-state index in [9.17, 15) is 0 Å². The Morgan fingerprint density at radius 2 is 1.54 bits per heavy atom. The summed E-state index contributed by atoms with van der Waals surface area (Å²) >= 11 is 0. The van der Waals surface area contributed by atoms with E-state index in [2.05, 4.69) is 106 Å². The summed E-state index contributed by atoms with van der Waals surface area (Å²) in [5.41, 5.74) is 21.3. The van der Waals surface area contributed by atoms with E-state index in [4.69, 9.17) is 5.73 Å². The first-order chi connectivity index (χ1) is 22.6. The molecular formula is C45H55N. The average molecular weight is 610 g/mol. The van der Waals surface area contributed by atoms with Gasteiger partial charge in [-0.15, -0.1) is 0 Å². The van der Waals surface area contributed by atoms with Crippen LogP contribution < -0.4 is 5.73 Å². The van der Waals surface area contributed by atoms with Gasteiger partial charge in [-0.05, 0) is 136 Å². The van der Waals surface area contributed by atoms with E-state index >= 15 is 0 Å². The molecule has 0 amide bonds. The lowest BCUT2D eigenvalue weighted by molar-refractivity contribution is 0.364. The minimum absolute atomic E-state index is 0.580. The Kier molecular flexibility index (Phi) is 10.9. The summed E-state index contributed by atoms with van der Waals surface area (Å²) in [5, 5.41) is 2.79. The topological polar surface area (TPSA) is 26.0 Å². The number of allylic oxidation sites excluding steroid dienone is 14. The first-order valence-electron chi connectivity index (χ1n) is 18.4. The van der Waals surface area contributed by atoms with E-state index in [1.54, 1.807) is 16.7 Å². The van der Waals surface area contributed by atoms with Crippen LogP contribution in [0.15, 0.2) is 118 Å². The van der Waals surface area contributed by atoms with Gasteiger partial charge in [0.2, 0.25) is 0 Å². The number of nitrogens with two attached hydrogens (primary N) is 1. The maximum atomic E-state index is 6.38. The van der Waals surface area contributed by atoms with E-state index in [-0.39, 0.29) is 0 Å². The van der Waals surface area contributed by atoms with Crippen molar-refractivity contribution < 1.29 is 0 Å². The average Bonchev–Trinajstić information content (AvgIpc) is 3.12. The molecule has 1 nitrogen and oxygen atoms in total. The lowest BCUT2D eigenvalue weighted by Crippen LogP contribution is -2.14. The molecule has 4 aliphatic rings. The molecule has 2 aromatic rings. The monoisotopic (exact) mass is 609 g/mol. The normalized spacial score (nSPS) is 20.0. The molecule has 0 saturated carbocycles. The zero-order chi connectivity index (χ0) is 31.9. The summed E-state index contributed by atoms with van der Waals surface area (Å²) in [6, 6.07) is 13.9. The molecule has 46 heavy (non-hydrogen) atoms. The molecular weight excluding hydrogens is 555 g/mol. The molecule has 0 fully saturated rings. The van der Waals surface area contributed by atoms with E-state index in [0.717, 1.165) is 57.3 Å². The summed E-state index contributed by atoms with van der Waals surface area (Å²) in [5.74, 6) is 1.34. The lowest BCUT2D eigenvalue weighted by atomic mass is 9.74. The number of hydrogen-bond donors (Lipinski definition) is 1. The van der Waals surface area contributed by atoms with Crippen molar-refractivity contribution in [1.82, 2.24) is 0 Å². The molecule has 1 heteroatoms. The predicted octanol–water partition coefficient (Wildman–Crippen LogP) is 12.5. The van der Waals surface area contributed by atoms with Crippen molar-refractivity contribution >= 4 is 21.9 Å². The minimum Gasteiger partial charge on any atom is -0.326 e. The summed E-state index contributed by atoms with van der Waals surface area (Å²) in [4.78, 5) is 0. The van der Waals surface area contributed by atoms with Gasteiger partial charge in [0.05, 0.1) is 0 Å². The van der Waals surface area contributed by atoms with E-state index in [1.165, 1.54) is 81.9 Å². The number of hydrogen-bond acceptors (Lipinski definition) is 1. The molecule has 2 aromatic carbocycles. The summed E-state index contributed by atoms with van der Waals surface area (Å²) in [6.45, 7) is 7.71. The Hall–Kier alpha value is -3.42. The number of unbranched alkanes of at least 4 members (excludes halogenated alkanes) is 2. The molecule has 2 atom stereocenters. The van der Waals surface area contributed by atoms with Gasteiger partial charge in [-0.25, -0.2) is 0 Å². The molecule has 0 spiro atoms. The highest BCUT2D eigenvalue weighted by atomic mass is 14.5. The molecule has 0 radical (unpaired) electrons. The smallest absolute Gasteiger partial charge is 0.0177 e. The van der Waals surface area contributed by atoms with Gasteiger partial charge < -0.3 is 5.73 Å². The van der Waals surface area contributed by atoms with E-state index in [1.807, 2.05) is 0 Å². The fourth-order valence-electron chi connectivity index (χ4n) is 8.51. The molecule has 0 heterocycles. The van der Waals surface area contributed by atoms with Crippen LogP contribution in [-0.2, 0) is 0 Å². The minimum atomic E-state index is 0.580. The zero-order valence-corrected chi connectivity index (χ0v) is 28.7. The molecule has 4 aliphatic carbocycles. The Morgan fingerprint density at radius 3 is 2.26 bits per heavy atom. The van der Waals surface area contributed by atoms with Gasteiger partial charge in [-0.2, -0.15) is 0 Å². The highest BCUT2D eigenvalue weighted by Gasteiger charge is 2.27. The summed E-state index contributed by atoms with van der Waals surface area (Å²) in [7, 11) is 0. The van der Waals surface area contributed by atoms with Crippen LogP contribution in [0.25, 0.3) is 21.9 Å². The molecule has 2 N–H and O–H groups in total. The fourth-order valence-corrected chi connectivity index (χ4v) is 8.51. The van der Waals surface area contributed by atoms with Gasteiger partial charge in [0, 0.05) is 6.54 Å². The second-order valence-electron chi connectivity index (χ2n) is 14.0. The Bertz CT molecular complexity index is 1680. The predicted molar refractivity (Wildman–Crippen MR) is 201 cm³/mol. The van der Waals surface area contributed by atoms with Crippen molar-refractivity contribution in [2.24, 2.45) is 17.6 Å². The van der Waals surface area contributed by atoms with Crippen molar-refractivity contribution in [3.63, 3.8) is 0 Å². The van der Waals surface area contributed by atoms with Crippen molar-refractivity contribution in [2.75, 3.05) is 6.54 Å². The highest BCUT2D eigenvalue weighted by molar-refractivity contribution is 6.02. The number of fused-ring (bicyclic) bond motifs is 2. The van der Waals surface area contributed by atoms with Crippen molar-refractivity contribution in [3.05, 3.63) is 130 Å². The summed E-state index contributed by atoms with van der Waals surface area (Å²) < 4.78 is 0. The van der Waals surface area contributed by atoms with Crippen LogP contribution in [0, 0.1) is 11.8 Å². The van der Waals surface area contributed by atoms with Gasteiger partial charge in [0.15, 0.2) is 0 Å². The van der Waals surface area contributed by atoms with Gasteiger partial charge in [-0.3, -0.25) is 0 Å². The van der Waals surface area contributed by atoms with Crippen molar-refractivity contribution in [2.45, 2.75) is 104 Å². The largest absolute Gasteiger partial charge is 0.326 e. The van der Waals surface area contributed by atoms with Crippen molar-refractivity contribution in [1.29, 1.82) is 0 Å². The fraction of sp³-hybridized carbons (Fsp3) is 0.422. The Balaban J connectivity index is 1.31. The maximum absolute atomic E-state index is 6.38. The second-order valence-corrected chi connectivity index (χ2v) is 14.0. The molecule has 6 rings (SSSR count). The lowest BCUT2D eigenvalue weighted by Gasteiger charge is -2.31. The summed E-state index contributed by atoms with van der Waals surface area (Å²) in [6.07, 6.45) is 34.6.